The van der Waals surface area contributed by atoms with Gasteiger partial charge in [-0.1, -0.05) is 13.8 Å². The molecule has 0 radical (unpaired) electrons. The van der Waals surface area contributed by atoms with Gasteiger partial charge in [0.1, 0.15) is 5.82 Å². The van der Waals surface area contributed by atoms with Crippen molar-refractivity contribution in [3.63, 3.8) is 0 Å². The van der Waals surface area contributed by atoms with Gasteiger partial charge in [0.2, 0.25) is 0 Å². The fourth-order valence-corrected chi connectivity index (χ4v) is 2.33. The number of carbonyl (C=O) groups is 1. The molecule has 1 aromatic heterocycles. The van der Waals surface area contributed by atoms with Crippen molar-refractivity contribution in [1.29, 1.82) is 0 Å². The van der Waals surface area contributed by atoms with Gasteiger partial charge in [-0.2, -0.15) is 0 Å². The highest BCUT2D eigenvalue weighted by atomic mass is 16.1. The van der Waals surface area contributed by atoms with E-state index in [4.69, 9.17) is 0 Å². The highest BCUT2D eigenvalue weighted by Gasteiger charge is 2.45. The average Bonchev–Trinajstić information content (AvgIpc) is 3.18. The van der Waals surface area contributed by atoms with Gasteiger partial charge in [-0.3, -0.25) is 4.79 Å². The number of anilines is 1. The molecule has 1 aromatic rings. The zero-order chi connectivity index (χ0) is 13.9. The third-order valence-corrected chi connectivity index (χ3v) is 4.10. The van der Waals surface area contributed by atoms with E-state index < -0.39 is 0 Å². The fourth-order valence-electron chi connectivity index (χ4n) is 2.33. The summed E-state index contributed by atoms with van der Waals surface area (Å²) < 4.78 is 0. The summed E-state index contributed by atoms with van der Waals surface area (Å²) in [6.45, 7) is 8.05. The van der Waals surface area contributed by atoms with Crippen LogP contribution < -0.4 is 10.6 Å². The molecule has 0 aliphatic heterocycles. The van der Waals surface area contributed by atoms with Crippen LogP contribution in [0.3, 0.4) is 0 Å². The van der Waals surface area contributed by atoms with Crippen LogP contribution in [0, 0.1) is 11.3 Å². The third kappa shape index (κ3) is 3.25. The van der Waals surface area contributed by atoms with Crippen molar-refractivity contribution in [2.24, 2.45) is 11.3 Å². The largest absolute Gasteiger partial charge is 0.370 e. The van der Waals surface area contributed by atoms with E-state index in [1.54, 1.807) is 18.3 Å². The Kier molecular flexibility index (Phi) is 4.08. The summed E-state index contributed by atoms with van der Waals surface area (Å²) in [6.07, 6.45) is 4.12. The summed E-state index contributed by atoms with van der Waals surface area (Å²) in [7, 11) is 0. The molecule has 0 unspecified atom stereocenters. The van der Waals surface area contributed by atoms with Crippen molar-refractivity contribution in [2.45, 2.75) is 33.6 Å². The van der Waals surface area contributed by atoms with Gasteiger partial charge in [0.25, 0.3) is 5.91 Å². The number of nitrogens with zero attached hydrogens (tertiary/aromatic N) is 1. The third-order valence-electron chi connectivity index (χ3n) is 4.10. The monoisotopic (exact) mass is 261 g/mol. The normalized spacial score (nSPS) is 16.2. The predicted molar refractivity (Wildman–Crippen MR) is 77.2 cm³/mol. The summed E-state index contributed by atoms with van der Waals surface area (Å²) in [6, 6.07) is 3.55. The van der Waals surface area contributed by atoms with Crippen LogP contribution in [0.4, 0.5) is 5.82 Å². The zero-order valence-electron chi connectivity index (χ0n) is 12.0. The molecule has 0 spiro atoms. The van der Waals surface area contributed by atoms with E-state index in [1.807, 2.05) is 6.92 Å². The summed E-state index contributed by atoms with van der Waals surface area (Å²) in [4.78, 5) is 16.3. The van der Waals surface area contributed by atoms with Crippen LogP contribution in [-0.4, -0.2) is 24.0 Å². The number of carbonyl (C=O) groups excluding carboxylic acids is 1. The zero-order valence-corrected chi connectivity index (χ0v) is 12.0. The number of aromatic nitrogens is 1. The minimum Gasteiger partial charge on any atom is -0.370 e. The molecule has 1 fully saturated rings. The van der Waals surface area contributed by atoms with Gasteiger partial charge in [0.05, 0.1) is 0 Å². The Labute approximate surface area is 115 Å². The lowest BCUT2D eigenvalue weighted by Crippen LogP contribution is -2.32. The van der Waals surface area contributed by atoms with E-state index >= 15 is 0 Å². The van der Waals surface area contributed by atoms with E-state index in [1.165, 1.54) is 12.8 Å². The van der Waals surface area contributed by atoms with E-state index in [0.717, 1.165) is 18.9 Å². The minimum atomic E-state index is -0.00604. The summed E-state index contributed by atoms with van der Waals surface area (Å²) in [5.41, 5.74) is 1.01. The van der Waals surface area contributed by atoms with Crippen molar-refractivity contribution >= 4 is 11.7 Å². The van der Waals surface area contributed by atoms with Gasteiger partial charge in [-0.15, -0.1) is 0 Å². The molecule has 19 heavy (non-hydrogen) atoms. The van der Waals surface area contributed by atoms with Crippen LogP contribution in [0.1, 0.15) is 44.0 Å². The highest BCUT2D eigenvalue weighted by molar-refractivity contribution is 5.94. The SMILES string of the molecule is CCNc1cc(C(=O)NCC2(C(C)C)CC2)ccn1. The number of pyridine rings is 1. The van der Waals surface area contributed by atoms with Crippen LogP contribution in [0.2, 0.25) is 0 Å². The Morgan fingerprint density at radius 2 is 2.21 bits per heavy atom. The maximum atomic E-state index is 12.1. The Hall–Kier alpha value is -1.58. The van der Waals surface area contributed by atoms with Gasteiger partial charge in [-0.25, -0.2) is 4.98 Å². The molecular formula is C15H23N3O. The van der Waals surface area contributed by atoms with Crippen LogP contribution in [0.25, 0.3) is 0 Å². The van der Waals surface area contributed by atoms with Gasteiger partial charge in [-0.05, 0) is 43.2 Å². The predicted octanol–water partition coefficient (Wildman–Crippen LogP) is 2.68. The summed E-state index contributed by atoms with van der Waals surface area (Å²) in [5, 5.41) is 6.17. The van der Waals surface area contributed by atoms with Crippen molar-refractivity contribution in [1.82, 2.24) is 10.3 Å². The van der Waals surface area contributed by atoms with Crippen LogP contribution >= 0.6 is 0 Å². The van der Waals surface area contributed by atoms with Gasteiger partial charge in [0, 0.05) is 24.8 Å². The number of hydrogen-bond acceptors (Lipinski definition) is 3. The summed E-state index contributed by atoms with van der Waals surface area (Å²) >= 11 is 0. The first-order valence-corrected chi connectivity index (χ1v) is 7.05. The Morgan fingerprint density at radius 3 is 2.79 bits per heavy atom. The van der Waals surface area contributed by atoms with E-state index in [0.29, 0.717) is 16.9 Å². The first kappa shape index (κ1) is 13.8. The Bertz CT molecular complexity index is 452. The molecule has 1 aliphatic rings. The molecule has 1 heterocycles. The fraction of sp³-hybridized carbons (Fsp3) is 0.600. The quantitative estimate of drug-likeness (QED) is 0.827. The smallest absolute Gasteiger partial charge is 0.251 e. The number of rotatable bonds is 6. The molecule has 2 N–H and O–H groups in total. The average molecular weight is 261 g/mol. The molecule has 2 rings (SSSR count). The first-order chi connectivity index (χ1) is 9.07. The maximum absolute atomic E-state index is 12.1. The molecule has 4 heteroatoms. The minimum absolute atomic E-state index is 0.00604. The van der Waals surface area contributed by atoms with Crippen molar-refractivity contribution in [3.05, 3.63) is 23.9 Å². The van der Waals surface area contributed by atoms with Gasteiger partial charge < -0.3 is 10.6 Å². The Balaban J connectivity index is 1.94. The molecule has 0 atom stereocenters. The lowest BCUT2D eigenvalue weighted by molar-refractivity contribution is 0.0939. The highest BCUT2D eigenvalue weighted by Crippen LogP contribution is 2.51. The molecule has 0 aromatic carbocycles. The second-order valence-corrected chi connectivity index (χ2v) is 5.66. The van der Waals surface area contributed by atoms with Crippen LogP contribution in [-0.2, 0) is 0 Å². The molecular weight excluding hydrogens is 238 g/mol. The Morgan fingerprint density at radius 1 is 1.47 bits per heavy atom. The van der Waals surface area contributed by atoms with Gasteiger partial charge in [0.15, 0.2) is 0 Å². The second-order valence-electron chi connectivity index (χ2n) is 5.66. The molecule has 0 saturated heterocycles. The number of amides is 1. The topological polar surface area (TPSA) is 54.0 Å². The van der Waals surface area contributed by atoms with Crippen LogP contribution in [0.5, 0.6) is 0 Å². The molecule has 1 aliphatic carbocycles. The lowest BCUT2D eigenvalue weighted by Gasteiger charge is -2.20. The number of nitrogens with one attached hydrogen (secondary N) is 2. The standard InChI is InChI=1S/C15H23N3O/c1-4-16-13-9-12(5-8-17-13)14(19)18-10-15(6-7-15)11(2)3/h5,8-9,11H,4,6-7,10H2,1-3H3,(H,16,17)(H,18,19). The van der Waals surface area contributed by atoms with Gasteiger partial charge >= 0.3 is 0 Å². The van der Waals surface area contributed by atoms with Crippen molar-refractivity contribution in [3.8, 4) is 0 Å². The maximum Gasteiger partial charge on any atom is 0.251 e. The molecule has 4 nitrogen and oxygen atoms in total. The molecule has 0 bridgehead atoms. The summed E-state index contributed by atoms with van der Waals surface area (Å²) in [5.74, 6) is 1.37. The first-order valence-electron chi connectivity index (χ1n) is 7.05. The van der Waals surface area contributed by atoms with E-state index in [-0.39, 0.29) is 5.91 Å². The molecule has 1 amide bonds. The molecule has 104 valence electrons. The number of hydrogen-bond donors (Lipinski definition) is 2. The van der Waals surface area contributed by atoms with Crippen LogP contribution in [0.15, 0.2) is 18.3 Å². The molecule has 1 saturated carbocycles. The van der Waals surface area contributed by atoms with E-state index in [2.05, 4.69) is 29.5 Å². The van der Waals surface area contributed by atoms with E-state index in [9.17, 15) is 4.79 Å². The van der Waals surface area contributed by atoms with Crippen molar-refractivity contribution < 1.29 is 4.79 Å². The second kappa shape index (κ2) is 5.59. The lowest BCUT2D eigenvalue weighted by atomic mass is 9.92. The van der Waals surface area contributed by atoms with Crippen molar-refractivity contribution in [2.75, 3.05) is 18.4 Å².